The second-order valence-electron chi connectivity index (χ2n) is 9.31. The third-order valence-corrected chi connectivity index (χ3v) is 8.03. The van der Waals surface area contributed by atoms with Crippen molar-refractivity contribution in [2.24, 2.45) is 29.6 Å². The van der Waals surface area contributed by atoms with Crippen molar-refractivity contribution in [1.29, 1.82) is 0 Å². The fraction of sp³-hybridized carbons (Fsp3) is 0.667. The molecule has 2 aliphatic heterocycles. The maximum atomic E-state index is 12.9. The van der Waals surface area contributed by atoms with E-state index in [1.807, 2.05) is 25.2 Å². The van der Waals surface area contributed by atoms with Crippen LogP contribution < -0.4 is 0 Å². The average Bonchev–Trinajstić information content (AvgIpc) is 3.11. The van der Waals surface area contributed by atoms with E-state index in [1.165, 1.54) is 0 Å². The van der Waals surface area contributed by atoms with Gasteiger partial charge in [-0.3, -0.25) is 4.39 Å². The summed E-state index contributed by atoms with van der Waals surface area (Å²) >= 11 is 6.71. The van der Waals surface area contributed by atoms with Crippen molar-refractivity contribution in [2.45, 2.75) is 51.6 Å². The zero-order chi connectivity index (χ0) is 21.6. The van der Waals surface area contributed by atoms with Gasteiger partial charge in [0.2, 0.25) is 0 Å². The Morgan fingerprint density at radius 2 is 2.07 bits per heavy atom. The van der Waals surface area contributed by atoms with Crippen LogP contribution in [-0.2, 0) is 9.47 Å². The quantitative estimate of drug-likeness (QED) is 0.687. The van der Waals surface area contributed by atoms with Gasteiger partial charge in [0, 0.05) is 22.8 Å². The van der Waals surface area contributed by atoms with Crippen molar-refractivity contribution in [3.05, 3.63) is 46.1 Å². The van der Waals surface area contributed by atoms with Crippen LogP contribution >= 0.6 is 11.6 Å². The van der Waals surface area contributed by atoms with Crippen LogP contribution in [0.5, 0.6) is 0 Å². The number of aliphatic hydroxyl groups is 2. The number of rotatable bonds is 4. The van der Waals surface area contributed by atoms with E-state index in [1.54, 1.807) is 0 Å². The van der Waals surface area contributed by atoms with Crippen molar-refractivity contribution >= 4 is 11.6 Å². The first-order chi connectivity index (χ1) is 14.3. The summed E-state index contributed by atoms with van der Waals surface area (Å²) in [5.41, 5.74) is 3.38. The molecule has 4 nitrogen and oxygen atoms in total. The second-order valence-corrected chi connectivity index (χ2v) is 9.72. The molecule has 4 aliphatic rings. The van der Waals surface area contributed by atoms with E-state index in [9.17, 15) is 14.6 Å². The normalized spacial score (nSPS) is 43.6. The molecule has 0 saturated carbocycles. The van der Waals surface area contributed by atoms with Crippen molar-refractivity contribution in [1.82, 2.24) is 0 Å². The molecule has 0 bridgehead atoms. The van der Waals surface area contributed by atoms with E-state index < -0.39 is 18.0 Å². The van der Waals surface area contributed by atoms with E-state index in [0.29, 0.717) is 19.4 Å². The molecule has 0 aromatic carbocycles. The number of halogens is 2. The molecule has 0 radical (unpaired) electrons. The largest absolute Gasteiger partial charge is 0.394 e. The summed E-state index contributed by atoms with van der Waals surface area (Å²) in [4.78, 5) is 0. The van der Waals surface area contributed by atoms with Crippen LogP contribution in [0.4, 0.5) is 4.39 Å². The second kappa shape index (κ2) is 8.51. The van der Waals surface area contributed by atoms with E-state index in [0.717, 1.165) is 21.8 Å². The van der Waals surface area contributed by atoms with Gasteiger partial charge in [0.05, 0.1) is 26.0 Å². The molecule has 0 aromatic rings. The summed E-state index contributed by atoms with van der Waals surface area (Å²) in [7, 11) is 0. The smallest absolute Gasteiger partial charge is 0.179 e. The molecule has 4 rings (SSSR count). The SMILES string of the molecule is CC1[C@H](O)C(CO)O[C@]2(OCC3=CC(Cl)=C(CC4=CCC(CF)C=C4)[C@@H](C)C32)[C@@H]1C. The van der Waals surface area contributed by atoms with Gasteiger partial charge in [-0.05, 0) is 47.5 Å². The Morgan fingerprint density at radius 3 is 2.70 bits per heavy atom. The lowest BCUT2D eigenvalue weighted by Gasteiger charge is -2.52. The molecular formula is C24H32ClFO4. The van der Waals surface area contributed by atoms with E-state index in [-0.39, 0.29) is 42.9 Å². The first kappa shape index (κ1) is 22.2. The number of ether oxygens (including phenoxy) is 2. The summed E-state index contributed by atoms with van der Waals surface area (Å²) in [6, 6.07) is 0. The number of alkyl halides is 1. The molecule has 0 aromatic heterocycles. The van der Waals surface area contributed by atoms with Gasteiger partial charge >= 0.3 is 0 Å². The number of fused-ring (bicyclic) bond motifs is 2. The molecule has 6 heteroatoms. The van der Waals surface area contributed by atoms with Crippen LogP contribution in [0.15, 0.2) is 46.1 Å². The summed E-state index contributed by atoms with van der Waals surface area (Å²) in [5, 5.41) is 21.1. The Labute approximate surface area is 183 Å². The van der Waals surface area contributed by atoms with Crippen LogP contribution in [0.3, 0.4) is 0 Å². The molecule has 2 fully saturated rings. The van der Waals surface area contributed by atoms with Gasteiger partial charge < -0.3 is 19.7 Å². The Morgan fingerprint density at radius 1 is 1.30 bits per heavy atom. The molecule has 0 amide bonds. The van der Waals surface area contributed by atoms with Crippen LogP contribution in [0.1, 0.15) is 33.6 Å². The van der Waals surface area contributed by atoms with Crippen molar-refractivity contribution < 1.29 is 24.1 Å². The fourth-order valence-corrected chi connectivity index (χ4v) is 5.99. The summed E-state index contributed by atoms with van der Waals surface area (Å²) in [6.45, 7) is 6.05. The van der Waals surface area contributed by atoms with E-state index in [4.69, 9.17) is 21.1 Å². The van der Waals surface area contributed by atoms with Crippen LogP contribution in [0.25, 0.3) is 0 Å². The standard InChI is InChI=1S/C24H32ClFO4/c1-13-15(3)24(30-21(11-27)23(13)28)22-14(2)19(20(25)9-18(22)12-29-24)8-16-4-6-17(10-26)7-5-16/h4-6,9,13-15,17,21-23,27-28H,7-8,10-12H2,1-3H3/t13?,14-,15-,17?,21?,22?,23+,24-/m1/s1. The van der Waals surface area contributed by atoms with Gasteiger partial charge in [0.25, 0.3) is 0 Å². The predicted molar refractivity (Wildman–Crippen MR) is 115 cm³/mol. The Bertz CT molecular complexity index is 801. The third-order valence-electron chi connectivity index (χ3n) is 7.68. The first-order valence-corrected chi connectivity index (χ1v) is 11.3. The lowest BCUT2D eigenvalue weighted by atomic mass is 9.66. The first-order valence-electron chi connectivity index (χ1n) is 10.9. The van der Waals surface area contributed by atoms with Gasteiger partial charge in [0.15, 0.2) is 5.79 Å². The zero-order valence-electron chi connectivity index (χ0n) is 17.9. The summed E-state index contributed by atoms with van der Waals surface area (Å²) in [6.07, 6.45) is 8.09. The molecule has 2 heterocycles. The van der Waals surface area contributed by atoms with E-state index >= 15 is 0 Å². The Balaban J connectivity index is 1.62. The topological polar surface area (TPSA) is 58.9 Å². The zero-order valence-corrected chi connectivity index (χ0v) is 18.6. The average molecular weight is 439 g/mol. The minimum absolute atomic E-state index is 0.0271. The fourth-order valence-electron chi connectivity index (χ4n) is 5.61. The molecular weight excluding hydrogens is 407 g/mol. The highest BCUT2D eigenvalue weighted by molar-refractivity contribution is 6.31. The molecule has 2 saturated heterocycles. The Hall–Kier alpha value is -0.980. The van der Waals surface area contributed by atoms with Gasteiger partial charge in [-0.25, -0.2) is 0 Å². The van der Waals surface area contributed by atoms with Crippen molar-refractivity contribution in [3.8, 4) is 0 Å². The van der Waals surface area contributed by atoms with Crippen LogP contribution in [0, 0.1) is 29.6 Å². The maximum Gasteiger partial charge on any atom is 0.179 e. The molecule has 4 unspecified atom stereocenters. The van der Waals surface area contributed by atoms with Gasteiger partial charge in [-0.1, -0.05) is 50.6 Å². The lowest BCUT2D eigenvalue weighted by Crippen LogP contribution is -2.61. The lowest BCUT2D eigenvalue weighted by molar-refractivity contribution is -0.340. The highest BCUT2D eigenvalue weighted by Crippen LogP contribution is 2.56. The minimum Gasteiger partial charge on any atom is -0.394 e. The van der Waals surface area contributed by atoms with Crippen molar-refractivity contribution in [3.63, 3.8) is 0 Å². The predicted octanol–water partition coefficient (Wildman–Crippen LogP) is 4.28. The van der Waals surface area contributed by atoms with Crippen LogP contribution in [0.2, 0.25) is 0 Å². The van der Waals surface area contributed by atoms with E-state index in [2.05, 4.69) is 19.9 Å². The van der Waals surface area contributed by atoms with Crippen molar-refractivity contribution in [2.75, 3.05) is 19.9 Å². The molecule has 2 aliphatic carbocycles. The van der Waals surface area contributed by atoms with Gasteiger partial charge in [-0.2, -0.15) is 0 Å². The maximum absolute atomic E-state index is 12.9. The Kier molecular flexibility index (Phi) is 6.31. The van der Waals surface area contributed by atoms with Crippen LogP contribution in [-0.4, -0.2) is 48.1 Å². The summed E-state index contributed by atoms with van der Waals surface area (Å²) < 4.78 is 25.5. The monoisotopic (exact) mass is 438 g/mol. The third kappa shape index (κ3) is 3.53. The number of hydrogen-bond acceptors (Lipinski definition) is 4. The highest BCUT2D eigenvalue weighted by Gasteiger charge is 2.61. The number of aliphatic hydroxyl groups excluding tert-OH is 2. The highest BCUT2D eigenvalue weighted by atomic mass is 35.5. The molecule has 1 spiro atoms. The van der Waals surface area contributed by atoms with Gasteiger partial charge in [0.1, 0.15) is 6.10 Å². The molecule has 30 heavy (non-hydrogen) atoms. The molecule has 8 atom stereocenters. The summed E-state index contributed by atoms with van der Waals surface area (Å²) in [5.74, 6) is -0.992. The number of hydrogen-bond donors (Lipinski definition) is 2. The molecule has 2 N–H and O–H groups in total. The van der Waals surface area contributed by atoms with Gasteiger partial charge in [-0.15, -0.1) is 0 Å². The number of allylic oxidation sites excluding steroid dienone is 7. The minimum atomic E-state index is -0.893. The molecule has 166 valence electrons.